The average molecular weight is 293 g/mol. The van der Waals surface area contributed by atoms with Crippen molar-refractivity contribution in [1.82, 2.24) is 14.5 Å². The number of anilines is 1. The van der Waals surface area contributed by atoms with Crippen LogP contribution in [0.4, 0.5) is 10.3 Å². The number of halogens is 2. The van der Waals surface area contributed by atoms with Crippen molar-refractivity contribution in [1.29, 1.82) is 0 Å². The number of fused-ring (bicyclic) bond motifs is 1. The highest BCUT2D eigenvalue weighted by Crippen LogP contribution is 2.30. The molecule has 0 saturated heterocycles. The first-order valence-corrected chi connectivity index (χ1v) is 6.13. The molecule has 0 atom stereocenters. The molecule has 0 radical (unpaired) electrons. The first kappa shape index (κ1) is 12.7. The van der Waals surface area contributed by atoms with Gasteiger partial charge >= 0.3 is 0 Å². The molecule has 0 unspecified atom stereocenters. The van der Waals surface area contributed by atoms with Crippen LogP contribution in [0, 0.1) is 5.82 Å². The third-order valence-electron chi connectivity index (χ3n) is 2.88. The van der Waals surface area contributed by atoms with Crippen molar-refractivity contribution in [2.75, 3.05) is 12.8 Å². The van der Waals surface area contributed by atoms with Gasteiger partial charge in [-0.3, -0.25) is 4.57 Å². The molecule has 3 rings (SSSR count). The SMILES string of the molecule is COc1ccc2nc(N)n(-c3c(F)cccc3Cl)c2n1. The molecule has 2 heterocycles. The number of pyridine rings is 1. The van der Waals surface area contributed by atoms with Crippen molar-refractivity contribution in [3.8, 4) is 11.6 Å². The van der Waals surface area contributed by atoms with Crippen molar-refractivity contribution < 1.29 is 9.13 Å². The molecule has 3 aromatic rings. The molecule has 0 aliphatic heterocycles. The van der Waals surface area contributed by atoms with Gasteiger partial charge in [0, 0.05) is 6.07 Å². The van der Waals surface area contributed by atoms with Gasteiger partial charge in [-0.15, -0.1) is 0 Å². The Hall–Kier alpha value is -2.34. The van der Waals surface area contributed by atoms with Crippen LogP contribution < -0.4 is 10.5 Å². The Bertz CT molecular complexity index is 782. The zero-order chi connectivity index (χ0) is 14.3. The van der Waals surface area contributed by atoms with Gasteiger partial charge in [-0.05, 0) is 18.2 Å². The van der Waals surface area contributed by atoms with E-state index in [1.54, 1.807) is 18.2 Å². The highest BCUT2D eigenvalue weighted by atomic mass is 35.5. The highest BCUT2D eigenvalue weighted by Gasteiger charge is 2.17. The predicted molar refractivity (Wildman–Crippen MR) is 74.8 cm³/mol. The van der Waals surface area contributed by atoms with E-state index in [4.69, 9.17) is 22.1 Å². The smallest absolute Gasteiger partial charge is 0.215 e. The standard InChI is InChI=1S/C13H10ClFN4O/c1-20-10-6-5-9-12(18-10)19(13(16)17-9)11-7(14)3-2-4-8(11)15/h2-6H,1H3,(H2,16,17). The molecule has 2 aromatic heterocycles. The topological polar surface area (TPSA) is 66.0 Å². The lowest BCUT2D eigenvalue weighted by molar-refractivity contribution is 0.399. The predicted octanol–water partition coefficient (Wildman–Crippen LogP) is 2.80. The number of rotatable bonds is 2. The largest absolute Gasteiger partial charge is 0.481 e. The Labute approximate surface area is 118 Å². The van der Waals surface area contributed by atoms with Gasteiger partial charge < -0.3 is 10.5 Å². The van der Waals surface area contributed by atoms with Crippen molar-refractivity contribution in [2.45, 2.75) is 0 Å². The monoisotopic (exact) mass is 292 g/mol. The number of ether oxygens (including phenoxy) is 1. The Morgan fingerprint density at radius 1 is 1.25 bits per heavy atom. The fraction of sp³-hybridized carbons (Fsp3) is 0.0769. The van der Waals surface area contributed by atoms with Crippen LogP contribution in [0.5, 0.6) is 5.88 Å². The Morgan fingerprint density at radius 3 is 2.75 bits per heavy atom. The van der Waals surface area contributed by atoms with Crippen molar-refractivity contribution in [3.63, 3.8) is 0 Å². The summed E-state index contributed by atoms with van der Waals surface area (Å²) < 4.78 is 20.5. The summed E-state index contributed by atoms with van der Waals surface area (Å²) in [5.41, 5.74) is 6.89. The molecular weight excluding hydrogens is 283 g/mol. The molecule has 5 nitrogen and oxygen atoms in total. The molecule has 0 bridgehead atoms. The summed E-state index contributed by atoms with van der Waals surface area (Å²) in [6.07, 6.45) is 0. The molecule has 0 saturated carbocycles. The second-order valence-corrected chi connectivity index (χ2v) is 4.48. The van der Waals surface area contributed by atoms with Gasteiger partial charge in [0.25, 0.3) is 0 Å². The van der Waals surface area contributed by atoms with Gasteiger partial charge in [0.1, 0.15) is 17.0 Å². The maximum absolute atomic E-state index is 14.1. The van der Waals surface area contributed by atoms with E-state index >= 15 is 0 Å². The second kappa shape index (κ2) is 4.64. The van der Waals surface area contributed by atoms with Crippen molar-refractivity contribution in [3.05, 3.63) is 41.2 Å². The van der Waals surface area contributed by atoms with E-state index in [2.05, 4.69) is 9.97 Å². The van der Waals surface area contributed by atoms with Crippen LogP contribution in [0.3, 0.4) is 0 Å². The molecule has 0 spiro atoms. The van der Waals surface area contributed by atoms with E-state index in [1.807, 2.05) is 0 Å². The Balaban J connectivity index is 2.38. The minimum atomic E-state index is -0.506. The number of benzene rings is 1. The van der Waals surface area contributed by atoms with Crippen LogP contribution in [0.1, 0.15) is 0 Å². The molecule has 2 N–H and O–H groups in total. The van der Waals surface area contributed by atoms with Crippen molar-refractivity contribution in [2.24, 2.45) is 0 Å². The molecular formula is C13H10ClFN4O. The first-order valence-electron chi connectivity index (χ1n) is 5.75. The van der Waals surface area contributed by atoms with Gasteiger partial charge in [-0.1, -0.05) is 17.7 Å². The number of nitrogen functional groups attached to an aromatic ring is 1. The zero-order valence-corrected chi connectivity index (χ0v) is 11.2. The zero-order valence-electron chi connectivity index (χ0n) is 10.5. The first-order chi connectivity index (χ1) is 9.61. The van der Waals surface area contributed by atoms with Gasteiger partial charge in [0.05, 0.1) is 12.1 Å². The lowest BCUT2D eigenvalue weighted by atomic mass is 10.3. The van der Waals surface area contributed by atoms with Crippen LogP contribution in [0.25, 0.3) is 16.9 Å². The van der Waals surface area contributed by atoms with Crippen LogP contribution in [0.15, 0.2) is 30.3 Å². The molecule has 0 aliphatic carbocycles. The summed E-state index contributed by atoms with van der Waals surface area (Å²) in [6.45, 7) is 0. The number of nitrogens with zero attached hydrogens (tertiary/aromatic N) is 3. The second-order valence-electron chi connectivity index (χ2n) is 4.07. The molecule has 102 valence electrons. The van der Waals surface area contributed by atoms with Gasteiger partial charge in [-0.2, -0.15) is 4.98 Å². The number of hydrogen-bond donors (Lipinski definition) is 1. The van der Waals surface area contributed by atoms with Crippen LogP contribution >= 0.6 is 11.6 Å². The number of methoxy groups -OCH3 is 1. The van der Waals surface area contributed by atoms with Gasteiger partial charge in [-0.25, -0.2) is 9.37 Å². The molecule has 0 fully saturated rings. The van der Waals surface area contributed by atoms with E-state index in [0.29, 0.717) is 17.0 Å². The van der Waals surface area contributed by atoms with E-state index in [-0.39, 0.29) is 16.7 Å². The summed E-state index contributed by atoms with van der Waals surface area (Å²) in [5.74, 6) is -0.0213. The number of para-hydroxylation sites is 1. The third-order valence-corrected chi connectivity index (χ3v) is 3.18. The quantitative estimate of drug-likeness (QED) is 0.789. The lowest BCUT2D eigenvalue weighted by Crippen LogP contribution is -2.04. The molecule has 0 amide bonds. The van der Waals surface area contributed by atoms with E-state index in [0.717, 1.165) is 0 Å². The van der Waals surface area contributed by atoms with Crippen molar-refractivity contribution >= 4 is 28.7 Å². The number of nitrogens with two attached hydrogens (primary N) is 1. The Morgan fingerprint density at radius 2 is 2.05 bits per heavy atom. The molecule has 7 heteroatoms. The summed E-state index contributed by atoms with van der Waals surface area (Å²) >= 11 is 6.06. The van der Waals surface area contributed by atoms with Crippen LogP contribution in [-0.4, -0.2) is 21.6 Å². The summed E-state index contributed by atoms with van der Waals surface area (Å²) in [7, 11) is 1.49. The summed E-state index contributed by atoms with van der Waals surface area (Å²) in [5, 5.41) is 0.223. The van der Waals surface area contributed by atoms with Gasteiger partial charge in [0.2, 0.25) is 11.8 Å². The van der Waals surface area contributed by atoms with Gasteiger partial charge in [0.15, 0.2) is 5.65 Å². The average Bonchev–Trinajstić information content (AvgIpc) is 2.74. The normalized spacial score (nSPS) is 10.9. The molecule has 20 heavy (non-hydrogen) atoms. The maximum atomic E-state index is 14.1. The number of imidazole rings is 1. The van der Waals surface area contributed by atoms with Crippen LogP contribution in [-0.2, 0) is 0 Å². The molecule has 0 aliphatic rings. The fourth-order valence-corrected chi connectivity index (χ4v) is 2.24. The maximum Gasteiger partial charge on any atom is 0.215 e. The highest BCUT2D eigenvalue weighted by molar-refractivity contribution is 6.32. The number of hydrogen-bond acceptors (Lipinski definition) is 4. The van der Waals surface area contributed by atoms with E-state index in [1.165, 1.54) is 23.8 Å². The third kappa shape index (κ3) is 1.85. The van der Waals surface area contributed by atoms with Crippen LogP contribution in [0.2, 0.25) is 5.02 Å². The summed E-state index contributed by atoms with van der Waals surface area (Å²) in [6, 6.07) is 7.74. The number of aromatic nitrogens is 3. The van der Waals surface area contributed by atoms with E-state index < -0.39 is 5.82 Å². The minimum Gasteiger partial charge on any atom is -0.481 e. The fourth-order valence-electron chi connectivity index (χ4n) is 1.99. The minimum absolute atomic E-state index is 0.104. The Kier molecular flexibility index (Phi) is 2.94. The summed E-state index contributed by atoms with van der Waals surface area (Å²) in [4.78, 5) is 8.39. The molecule has 1 aromatic carbocycles. The lowest BCUT2D eigenvalue weighted by Gasteiger charge is -2.09. The van der Waals surface area contributed by atoms with E-state index in [9.17, 15) is 4.39 Å².